The Morgan fingerprint density at radius 2 is 1.93 bits per heavy atom. The van der Waals surface area contributed by atoms with Gasteiger partial charge in [0.2, 0.25) is 0 Å². The second-order valence-corrected chi connectivity index (χ2v) is 6.32. The number of ether oxygens (including phenoxy) is 1. The molecule has 136 valence electrons. The molecule has 4 rings (SSSR count). The molecule has 0 bridgehead atoms. The number of methoxy groups -OCH3 is 1. The smallest absolute Gasteiger partial charge is 0.262 e. The second-order valence-electron chi connectivity index (χ2n) is 6.32. The molecule has 1 aromatic heterocycles. The quantitative estimate of drug-likeness (QED) is 0.751. The van der Waals surface area contributed by atoms with Crippen LogP contribution in [0.3, 0.4) is 0 Å². The van der Waals surface area contributed by atoms with Gasteiger partial charge in [-0.3, -0.25) is 14.7 Å². The number of hydrogen-bond donors (Lipinski definition) is 1. The van der Waals surface area contributed by atoms with Crippen molar-refractivity contribution in [1.82, 2.24) is 4.98 Å². The van der Waals surface area contributed by atoms with Crippen LogP contribution in [-0.2, 0) is 0 Å². The molecule has 0 fully saturated rings. The maximum Gasteiger partial charge on any atom is 0.262 e. The number of nitrogens with zero attached hydrogens (tertiary/aromatic N) is 2. The van der Waals surface area contributed by atoms with Gasteiger partial charge in [-0.1, -0.05) is 6.07 Å². The van der Waals surface area contributed by atoms with Gasteiger partial charge in [0.05, 0.1) is 18.4 Å². The Morgan fingerprint density at radius 3 is 2.63 bits per heavy atom. The van der Waals surface area contributed by atoms with Crippen molar-refractivity contribution in [3.05, 3.63) is 83.4 Å². The van der Waals surface area contributed by atoms with E-state index < -0.39 is 6.17 Å². The molecule has 6 heteroatoms. The summed E-state index contributed by atoms with van der Waals surface area (Å²) in [6.07, 6.45) is 1.11. The van der Waals surface area contributed by atoms with Crippen LogP contribution in [0.2, 0.25) is 0 Å². The fourth-order valence-electron chi connectivity index (χ4n) is 3.17. The zero-order valence-electron chi connectivity index (χ0n) is 14.9. The molecule has 3 aromatic rings. The van der Waals surface area contributed by atoms with Crippen LogP contribution in [0.15, 0.2) is 60.8 Å². The molecule has 5 nitrogen and oxygen atoms in total. The topological polar surface area (TPSA) is 54.5 Å². The van der Waals surface area contributed by atoms with E-state index in [0.29, 0.717) is 33.9 Å². The van der Waals surface area contributed by atoms with Gasteiger partial charge in [-0.25, -0.2) is 4.39 Å². The average molecular weight is 363 g/mol. The van der Waals surface area contributed by atoms with Gasteiger partial charge in [-0.05, 0) is 61.0 Å². The van der Waals surface area contributed by atoms with Gasteiger partial charge in [-0.2, -0.15) is 0 Å². The van der Waals surface area contributed by atoms with E-state index in [0.717, 1.165) is 0 Å². The molecule has 0 saturated heterocycles. The van der Waals surface area contributed by atoms with Crippen molar-refractivity contribution < 1.29 is 13.9 Å². The van der Waals surface area contributed by atoms with Crippen molar-refractivity contribution in [3.63, 3.8) is 0 Å². The van der Waals surface area contributed by atoms with Gasteiger partial charge in [-0.15, -0.1) is 0 Å². The molecule has 1 amide bonds. The van der Waals surface area contributed by atoms with E-state index in [-0.39, 0.29) is 11.7 Å². The van der Waals surface area contributed by atoms with Gasteiger partial charge in [0, 0.05) is 17.6 Å². The Hall–Kier alpha value is -3.41. The number of carbonyl (C=O) groups excluding carboxylic acids is 1. The Kier molecular flexibility index (Phi) is 4.24. The zero-order valence-corrected chi connectivity index (χ0v) is 14.9. The van der Waals surface area contributed by atoms with Gasteiger partial charge in [0.25, 0.3) is 5.91 Å². The summed E-state index contributed by atoms with van der Waals surface area (Å²) in [6.45, 7) is 1.71. The highest BCUT2D eigenvalue weighted by atomic mass is 19.1. The zero-order chi connectivity index (χ0) is 19.0. The number of aryl methyl sites for hydroxylation is 1. The number of benzene rings is 2. The third-order valence-electron chi connectivity index (χ3n) is 4.63. The maximum atomic E-state index is 14.0. The number of halogens is 1. The molecule has 2 aromatic carbocycles. The highest BCUT2D eigenvalue weighted by Gasteiger charge is 2.39. The molecular weight excluding hydrogens is 345 g/mol. The Morgan fingerprint density at radius 1 is 1.15 bits per heavy atom. The molecule has 0 spiro atoms. The Labute approximate surface area is 156 Å². The molecule has 27 heavy (non-hydrogen) atoms. The van der Waals surface area contributed by atoms with E-state index in [4.69, 9.17) is 4.74 Å². The first-order valence-electron chi connectivity index (χ1n) is 8.53. The Bertz CT molecular complexity index is 1000. The fraction of sp³-hybridized carbons (Fsp3) is 0.143. The van der Waals surface area contributed by atoms with Crippen LogP contribution in [0.5, 0.6) is 5.75 Å². The van der Waals surface area contributed by atoms with E-state index in [1.807, 2.05) is 12.1 Å². The third-order valence-corrected chi connectivity index (χ3v) is 4.63. The lowest BCUT2D eigenvalue weighted by Crippen LogP contribution is -2.32. The largest absolute Gasteiger partial charge is 0.497 e. The van der Waals surface area contributed by atoms with E-state index in [9.17, 15) is 9.18 Å². The van der Waals surface area contributed by atoms with Crippen LogP contribution in [0.25, 0.3) is 0 Å². The SMILES string of the molecule is COc1ccc(N2C(=O)c3cccnc3C2Nc2ccc(C)c(F)c2)cc1. The summed E-state index contributed by atoms with van der Waals surface area (Å²) < 4.78 is 19.2. The van der Waals surface area contributed by atoms with Crippen molar-refractivity contribution in [1.29, 1.82) is 0 Å². The minimum Gasteiger partial charge on any atom is -0.497 e. The molecule has 0 saturated carbocycles. The van der Waals surface area contributed by atoms with Crippen molar-refractivity contribution >= 4 is 17.3 Å². The van der Waals surface area contributed by atoms with Gasteiger partial charge >= 0.3 is 0 Å². The highest BCUT2D eigenvalue weighted by molar-refractivity contribution is 6.11. The molecule has 1 unspecified atom stereocenters. The minimum atomic E-state index is -0.538. The lowest BCUT2D eigenvalue weighted by atomic mass is 10.2. The summed E-state index contributed by atoms with van der Waals surface area (Å²) in [4.78, 5) is 19.0. The Balaban J connectivity index is 1.76. The highest BCUT2D eigenvalue weighted by Crippen LogP contribution is 2.37. The molecule has 1 aliphatic rings. The van der Waals surface area contributed by atoms with Crippen LogP contribution in [0.4, 0.5) is 15.8 Å². The standard InChI is InChI=1S/C21H18FN3O2/c1-13-5-6-14(12-18(13)22)24-20-19-17(4-3-11-23-19)21(26)25(20)15-7-9-16(27-2)10-8-15/h3-12,20,24H,1-2H3. The van der Waals surface area contributed by atoms with Gasteiger partial charge in [0.15, 0.2) is 6.17 Å². The predicted molar refractivity (Wildman–Crippen MR) is 102 cm³/mol. The van der Waals surface area contributed by atoms with Crippen molar-refractivity contribution in [2.24, 2.45) is 0 Å². The van der Waals surface area contributed by atoms with E-state index in [1.165, 1.54) is 6.07 Å². The molecule has 1 N–H and O–H groups in total. The average Bonchev–Trinajstić information content (AvgIpc) is 2.97. The number of carbonyl (C=O) groups is 1. The van der Waals surface area contributed by atoms with Crippen molar-refractivity contribution in [2.75, 3.05) is 17.3 Å². The number of aromatic nitrogens is 1. The van der Waals surface area contributed by atoms with Crippen LogP contribution in [0.1, 0.15) is 27.8 Å². The number of amides is 1. The van der Waals surface area contributed by atoms with E-state index >= 15 is 0 Å². The molecule has 1 aliphatic heterocycles. The van der Waals surface area contributed by atoms with E-state index in [2.05, 4.69) is 10.3 Å². The summed E-state index contributed by atoms with van der Waals surface area (Å²) in [7, 11) is 1.59. The van der Waals surface area contributed by atoms with Gasteiger partial charge in [0.1, 0.15) is 11.6 Å². The lowest BCUT2D eigenvalue weighted by Gasteiger charge is -2.26. The number of anilines is 2. The first-order valence-corrected chi connectivity index (χ1v) is 8.53. The predicted octanol–water partition coefficient (Wildman–Crippen LogP) is 4.31. The summed E-state index contributed by atoms with van der Waals surface area (Å²) in [5, 5.41) is 3.24. The first kappa shape index (κ1) is 17.0. The molecule has 0 radical (unpaired) electrons. The summed E-state index contributed by atoms with van der Waals surface area (Å²) >= 11 is 0. The van der Waals surface area contributed by atoms with Crippen LogP contribution in [-0.4, -0.2) is 18.0 Å². The van der Waals surface area contributed by atoms with Crippen molar-refractivity contribution in [2.45, 2.75) is 13.1 Å². The third kappa shape index (κ3) is 2.99. The summed E-state index contributed by atoms with van der Waals surface area (Å²) in [5.41, 5.74) is 2.98. The number of fused-ring (bicyclic) bond motifs is 1. The first-order chi connectivity index (χ1) is 13.1. The number of rotatable bonds is 4. The monoisotopic (exact) mass is 363 g/mol. The maximum absolute atomic E-state index is 14.0. The number of pyridine rings is 1. The normalized spacial score (nSPS) is 15.6. The van der Waals surface area contributed by atoms with Crippen LogP contribution < -0.4 is 15.0 Å². The fourth-order valence-corrected chi connectivity index (χ4v) is 3.17. The van der Waals surface area contributed by atoms with E-state index in [1.54, 1.807) is 61.5 Å². The van der Waals surface area contributed by atoms with Gasteiger partial charge < -0.3 is 10.1 Å². The second kappa shape index (κ2) is 6.72. The number of nitrogens with one attached hydrogen (secondary N) is 1. The number of hydrogen-bond acceptors (Lipinski definition) is 4. The summed E-state index contributed by atoms with van der Waals surface area (Å²) in [5.74, 6) is 0.237. The molecular formula is C21H18FN3O2. The molecule has 2 heterocycles. The summed E-state index contributed by atoms with van der Waals surface area (Å²) in [6, 6.07) is 15.6. The van der Waals surface area contributed by atoms with Crippen LogP contribution in [0, 0.1) is 12.7 Å². The van der Waals surface area contributed by atoms with Crippen LogP contribution >= 0.6 is 0 Å². The minimum absolute atomic E-state index is 0.159. The van der Waals surface area contributed by atoms with Crippen molar-refractivity contribution in [3.8, 4) is 5.75 Å². The lowest BCUT2D eigenvalue weighted by molar-refractivity contribution is 0.0993. The molecule has 0 aliphatic carbocycles. The molecule has 1 atom stereocenters.